The normalized spacial score (nSPS) is 11.2. The second-order valence-electron chi connectivity index (χ2n) is 5.00. The van der Waals surface area contributed by atoms with Crippen LogP contribution in [0.5, 0.6) is 0 Å². The van der Waals surface area contributed by atoms with Crippen LogP contribution >= 0.6 is 0 Å². The van der Waals surface area contributed by atoms with Gasteiger partial charge in [0.15, 0.2) is 0 Å². The van der Waals surface area contributed by atoms with E-state index in [-0.39, 0.29) is 31.3 Å². The van der Waals surface area contributed by atoms with Crippen molar-refractivity contribution in [1.82, 2.24) is 0 Å². The molecule has 134 valence electrons. The fourth-order valence-corrected chi connectivity index (χ4v) is 2.41. The smallest absolute Gasteiger partial charge is 0.333 e. The third-order valence-corrected chi connectivity index (χ3v) is 4.08. The van der Waals surface area contributed by atoms with Crippen molar-refractivity contribution in [3.05, 3.63) is 42.0 Å². The summed E-state index contributed by atoms with van der Waals surface area (Å²) >= 11 is 0. The fourth-order valence-electron chi connectivity index (χ4n) is 1.47. The summed E-state index contributed by atoms with van der Waals surface area (Å²) < 4.78 is 33.5. The van der Waals surface area contributed by atoms with E-state index in [0.29, 0.717) is 12.0 Å². The minimum atomic E-state index is -3.76. The van der Waals surface area contributed by atoms with Crippen LogP contribution < -0.4 is 0 Å². The predicted octanol–water partition coefficient (Wildman–Crippen LogP) is 2.16. The highest BCUT2D eigenvalue weighted by Crippen LogP contribution is 2.13. The summed E-state index contributed by atoms with van der Waals surface area (Å²) in [5.41, 5.74) is 1.27. The lowest BCUT2D eigenvalue weighted by atomic mass is 10.2. The Labute approximate surface area is 142 Å². The number of aryl methyl sites for hydroxylation is 1. The van der Waals surface area contributed by atoms with E-state index in [2.05, 4.69) is 6.58 Å². The molecule has 0 heterocycles. The first kappa shape index (κ1) is 20.3. The lowest BCUT2D eigenvalue weighted by Crippen LogP contribution is -2.12. The number of rotatable bonds is 11. The van der Waals surface area contributed by atoms with Crippen molar-refractivity contribution in [3.8, 4) is 0 Å². The average molecular weight is 358 g/mol. The second kappa shape index (κ2) is 10.2. The van der Waals surface area contributed by atoms with Crippen LogP contribution in [-0.2, 0) is 33.6 Å². The maximum absolute atomic E-state index is 11.9. The van der Waals surface area contributed by atoms with Gasteiger partial charge < -0.3 is 4.74 Å². The lowest BCUT2D eigenvalue weighted by molar-refractivity contribution is -0.298. The Kier molecular flexibility index (Phi) is 8.62. The average Bonchev–Trinajstić information content (AvgIpc) is 2.53. The molecule has 1 aromatic rings. The van der Waals surface area contributed by atoms with Gasteiger partial charge in [-0.25, -0.2) is 14.6 Å². The molecule has 0 aliphatic rings. The zero-order chi connectivity index (χ0) is 18.0. The third kappa shape index (κ3) is 7.69. The molecular formula is C16H22O7S. The van der Waals surface area contributed by atoms with Crippen molar-refractivity contribution in [1.29, 1.82) is 0 Å². The highest BCUT2D eigenvalue weighted by molar-refractivity contribution is 7.86. The number of ether oxygens (including phenoxy) is 1. The summed E-state index contributed by atoms with van der Waals surface area (Å²) in [4.78, 5) is 20.8. The molecule has 0 fully saturated rings. The predicted molar refractivity (Wildman–Crippen MR) is 86.6 cm³/mol. The van der Waals surface area contributed by atoms with Gasteiger partial charge in [0.05, 0.1) is 18.1 Å². The van der Waals surface area contributed by atoms with Crippen LogP contribution in [0.25, 0.3) is 0 Å². The van der Waals surface area contributed by atoms with E-state index in [9.17, 15) is 13.2 Å². The third-order valence-electron chi connectivity index (χ3n) is 2.75. The molecule has 0 amide bonds. The topological polar surface area (TPSA) is 88.1 Å². The van der Waals surface area contributed by atoms with Crippen LogP contribution in [0.4, 0.5) is 0 Å². The molecule has 0 atom stereocenters. The monoisotopic (exact) mass is 358 g/mol. The Morgan fingerprint density at radius 3 is 2.29 bits per heavy atom. The van der Waals surface area contributed by atoms with Crippen molar-refractivity contribution in [2.24, 2.45) is 0 Å². The summed E-state index contributed by atoms with van der Waals surface area (Å²) in [5.74, 6) is -0.492. The Morgan fingerprint density at radius 1 is 1.04 bits per heavy atom. The van der Waals surface area contributed by atoms with Gasteiger partial charge in [-0.15, -0.1) is 0 Å². The van der Waals surface area contributed by atoms with Crippen molar-refractivity contribution in [3.63, 3.8) is 0 Å². The summed E-state index contributed by atoms with van der Waals surface area (Å²) in [7, 11) is -3.76. The maximum Gasteiger partial charge on any atom is 0.333 e. The molecule has 0 aromatic heterocycles. The van der Waals surface area contributed by atoms with Crippen LogP contribution in [0, 0.1) is 6.92 Å². The molecular weight excluding hydrogens is 336 g/mol. The summed E-state index contributed by atoms with van der Waals surface area (Å²) in [6, 6.07) is 6.40. The Bertz CT molecular complexity index is 635. The van der Waals surface area contributed by atoms with E-state index < -0.39 is 16.1 Å². The zero-order valence-electron chi connectivity index (χ0n) is 13.8. The number of carbonyl (C=O) groups excluding carboxylic acids is 1. The van der Waals surface area contributed by atoms with Gasteiger partial charge in [-0.1, -0.05) is 24.3 Å². The largest absolute Gasteiger partial charge is 0.460 e. The van der Waals surface area contributed by atoms with Gasteiger partial charge in [0.2, 0.25) is 0 Å². The molecule has 7 nitrogen and oxygen atoms in total. The number of hydrogen-bond donors (Lipinski definition) is 0. The van der Waals surface area contributed by atoms with E-state index in [0.717, 1.165) is 5.56 Å². The highest BCUT2D eigenvalue weighted by atomic mass is 32.2. The second-order valence-corrected chi connectivity index (χ2v) is 6.62. The van der Waals surface area contributed by atoms with E-state index in [1.54, 1.807) is 19.1 Å². The van der Waals surface area contributed by atoms with Gasteiger partial charge in [-0.05, 0) is 32.4 Å². The summed E-state index contributed by atoms with van der Waals surface area (Å²) in [6.45, 7) is 7.10. The van der Waals surface area contributed by atoms with Crippen molar-refractivity contribution in [2.75, 3.05) is 26.4 Å². The van der Waals surface area contributed by atoms with Crippen molar-refractivity contribution >= 4 is 16.1 Å². The minimum absolute atomic E-state index is 0.0236. The molecule has 0 spiro atoms. The number of hydrogen-bond acceptors (Lipinski definition) is 7. The van der Waals surface area contributed by atoms with E-state index in [1.165, 1.54) is 12.1 Å². The van der Waals surface area contributed by atoms with Gasteiger partial charge in [0.25, 0.3) is 10.1 Å². The molecule has 1 rings (SSSR count). The van der Waals surface area contributed by atoms with Gasteiger partial charge in [-0.3, -0.25) is 4.18 Å². The fraction of sp³-hybridized carbons (Fsp3) is 0.438. The van der Waals surface area contributed by atoms with Crippen molar-refractivity contribution < 1.29 is 31.9 Å². The number of carbonyl (C=O) groups is 1. The maximum atomic E-state index is 11.9. The van der Waals surface area contributed by atoms with Crippen LogP contribution in [-0.4, -0.2) is 40.8 Å². The molecule has 0 saturated heterocycles. The lowest BCUT2D eigenvalue weighted by Gasteiger charge is -2.07. The first-order valence-corrected chi connectivity index (χ1v) is 8.77. The molecule has 0 aliphatic heterocycles. The van der Waals surface area contributed by atoms with Gasteiger partial charge >= 0.3 is 5.97 Å². The molecule has 0 N–H and O–H groups in total. The Hall–Kier alpha value is -1.74. The van der Waals surface area contributed by atoms with E-state index in [1.807, 2.05) is 6.92 Å². The van der Waals surface area contributed by atoms with Gasteiger partial charge in [0, 0.05) is 5.57 Å². The molecule has 0 aliphatic carbocycles. The first-order valence-electron chi connectivity index (χ1n) is 7.36. The minimum Gasteiger partial charge on any atom is -0.460 e. The van der Waals surface area contributed by atoms with Crippen molar-refractivity contribution in [2.45, 2.75) is 25.2 Å². The Balaban J connectivity index is 2.10. The molecule has 0 saturated carbocycles. The van der Waals surface area contributed by atoms with E-state index >= 15 is 0 Å². The zero-order valence-corrected chi connectivity index (χ0v) is 14.6. The van der Waals surface area contributed by atoms with Gasteiger partial charge in [-0.2, -0.15) is 8.42 Å². The Morgan fingerprint density at radius 2 is 1.67 bits per heavy atom. The van der Waals surface area contributed by atoms with Crippen LogP contribution in [0.3, 0.4) is 0 Å². The molecule has 0 radical (unpaired) electrons. The summed E-state index contributed by atoms with van der Waals surface area (Å²) in [6.07, 6.45) is 0.330. The van der Waals surface area contributed by atoms with Crippen LogP contribution in [0.15, 0.2) is 41.3 Å². The van der Waals surface area contributed by atoms with E-state index in [4.69, 9.17) is 18.7 Å². The van der Waals surface area contributed by atoms with Gasteiger partial charge in [0.1, 0.15) is 13.2 Å². The standard InChI is InChI=1S/C16H22O7S/c1-13(2)16(17)20-11-12-22-21-9-4-10-23-24(18,19)15-7-5-14(3)6-8-15/h5-8H,1,4,9-12H2,2-3H3. The molecule has 1 aromatic carbocycles. The first-order chi connectivity index (χ1) is 11.3. The quantitative estimate of drug-likeness (QED) is 0.150. The molecule has 0 bridgehead atoms. The number of esters is 1. The highest BCUT2D eigenvalue weighted by Gasteiger charge is 2.14. The SMILES string of the molecule is C=C(C)C(=O)OCCOOCCCOS(=O)(=O)c1ccc(C)cc1. The number of benzene rings is 1. The summed E-state index contributed by atoms with van der Waals surface area (Å²) in [5, 5.41) is 0. The molecule has 8 heteroatoms. The molecule has 0 unspecified atom stereocenters. The molecule has 24 heavy (non-hydrogen) atoms. The van der Waals surface area contributed by atoms with Crippen LogP contribution in [0.2, 0.25) is 0 Å². The van der Waals surface area contributed by atoms with Crippen LogP contribution in [0.1, 0.15) is 18.9 Å².